The number of sulfonamides is 1. The Morgan fingerprint density at radius 3 is 2.13 bits per heavy atom. The van der Waals surface area contributed by atoms with Crippen molar-refractivity contribution >= 4 is 55.6 Å². The van der Waals surface area contributed by atoms with Gasteiger partial charge in [0.25, 0.3) is 15.9 Å². The van der Waals surface area contributed by atoms with E-state index in [1.807, 2.05) is 0 Å². The number of hydrogen-bond acceptors (Lipinski definition) is 13. The fourth-order valence-corrected chi connectivity index (χ4v) is 6.43. The quantitative estimate of drug-likeness (QED) is 0.0502. The fraction of sp³-hybridized carbons (Fsp3) is 0.0833. The number of amides is 1. The molecular weight excluding hydrogens is 721 g/mol. The standard InChI is InChI=1S/C36H28N8O7S2/c1-2-51-34(48)29(32(46)24-17-10-5-11-18-24)40-39-25-19-12-20-26(21-25)44-30(22-13-6-3-7-14-22)27(31(45)23-15-8-4-9-16-23)28(43-44)33(47)38-35-41-42-36(52-35)53(37,49)50/h3-21,29H,2H2,1H3,(H2,37,49,50)(H,38,41,47). The summed E-state index contributed by atoms with van der Waals surface area (Å²) >= 11 is 0.526. The van der Waals surface area contributed by atoms with Crippen LogP contribution in [-0.2, 0) is 19.6 Å². The summed E-state index contributed by atoms with van der Waals surface area (Å²) < 4.78 is 29.6. The summed E-state index contributed by atoms with van der Waals surface area (Å²) in [6.07, 6.45) is 0. The maximum atomic E-state index is 14.3. The number of azo groups is 1. The summed E-state index contributed by atoms with van der Waals surface area (Å²) in [5.41, 5.74) is 1.43. The van der Waals surface area contributed by atoms with E-state index in [4.69, 9.17) is 9.88 Å². The first kappa shape index (κ1) is 36.2. The molecule has 0 saturated carbocycles. The predicted molar refractivity (Wildman–Crippen MR) is 194 cm³/mol. The van der Waals surface area contributed by atoms with Crippen LogP contribution in [0.5, 0.6) is 0 Å². The minimum atomic E-state index is -4.20. The average molecular weight is 749 g/mol. The number of nitrogens with two attached hydrogens (primary N) is 1. The van der Waals surface area contributed by atoms with Gasteiger partial charge in [0.1, 0.15) is 0 Å². The first-order valence-electron chi connectivity index (χ1n) is 15.8. The van der Waals surface area contributed by atoms with Gasteiger partial charge in [-0.05, 0) is 25.1 Å². The molecule has 53 heavy (non-hydrogen) atoms. The minimum absolute atomic E-state index is 0.0241. The first-order valence-corrected chi connectivity index (χ1v) is 18.1. The van der Waals surface area contributed by atoms with E-state index in [9.17, 15) is 27.6 Å². The number of nitrogens with zero attached hydrogens (tertiary/aromatic N) is 6. The summed E-state index contributed by atoms with van der Waals surface area (Å²) in [4.78, 5) is 54.3. The maximum absolute atomic E-state index is 14.3. The largest absolute Gasteiger partial charge is 0.464 e. The number of aromatic nitrogens is 4. The molecule has 1 atom stereocenters. The second kappa shape index (κ2) is 15.8. The molecule has 266 valence electrons. The summed E-state index contributed by atoms with van der Waals surface area (Å²) in [6, 6.07) is 30.0. The van der Waals surface area contributed by atoms with Gasteiger partial charge >= 0.3 is 5.97 Å². The Labute approximate surface area is 306 Å². The van der Waals surface area contributed by atoms with Crippen molar-refractivity contribution in [3.05, 3.63) is 138 Å². The van der Waals surface area contributed by atoms with Crippen molar-refractivity contribution < 1.29 is 32.3 Å². The summed E-state index contributed by atoms with van der Waals surface area (Å²) in [7, 11) is -4.20. The zero-order chi connectivity index (χ0) is 37.5. The van der Waals surface area contributed by atoms with Gasteiger partial charge in [-0.25, -0.2) is 23.0 Å². The number of ketones is 2. The predicted octanol–water partition coefficient (Wildman–Crippen LogP) is 5.42. The van der Waals surface area contributed by atoms with Crippen LogP contribution < -0.4 is 10.5 Å². The third-order valence-corrected chi connectivity index (χ3v) is 9.61. The van der Waals surface area contributed by atoms with E-state index in [-0.39, 0.29) is 45.5 Å². The lowest BCUT2D eigenvalue weighted by Gasteiger charge is -2.11. The molecule has 1 unspecified atom stereocenters. The molecule has 0 fully saturated rings. The maximum Gasteiger partial charge on any atom is 0.341 e. The van der Waals surface area contributed by atoms with Crippen molar-refractivity contribution in [3.8, 4) is 16.9 Å². The molecule has 2 aromatic heterocycles. The minimum Gasteiger partial charge on any atom is -0.464 e. The summed E-state index contributed by atoms with van der Waals surface area (Å²) in [5, 5.41) is 27.6. The Kier molecular flexibility index (Phi) is 10.8. The number of hydrogen-bond donors (Lipinski definition) is 2. The van der Waals surface area contributed by atoms with Gasteiger partial charge in [-0.2, -0.15) is 15.3 Å². The number of Topliss-reactive ketones (excluding diaryl/α,β-unsaturated/α-hetero) is 1. The van der Waals surface area contributed by atoms with Gasteiger partial charge < -0.3 is 4.74 Å². The van der Waals surface area contributed by atoms with Crippen LogP contribution in [0.4, 0.5) is 10.8 Å². The molecule has 6 rings (SSSR count). The lowest BCUT2D eigenvalue weighted by atomic mass is 9.97. The molecule has 0 aliphatic rings. The van der Waals surface area contributed by atoms with Crippen molar-refractivity contribution in [2.45, 2.75) is 17.3 Å². The van der Waals surface area contributed by atoms with Crippen molar-refractivity contribution in [1.29, 1.82) is 0 Å². The molecule has 3 N–H and O–H groups in total. The van der Waals surface area contributed by atoms with E-state index in [0.29, 0.717) is 22.6 Å². The number of carbonyl (C=O) groups is 4. The topological polar surface area (TPSA) is 218 Å². The number of nitrogens with one attached hydrogen (secondary N) is 1. The molecule has 0 aliphatic heterocycles. The molecule has 1 amide bonds. The lowest BCUT2D eigenvalue weighted by Crippen LogP contribution is -2.30. The van der Waals surface area contributed by atoms with E-state index in [2.05, 4.69) is 30.8 Å². The zero-order valence-electron chi connectivity index (χ0n) is 27.7. The first-order chi connectivity index (χ1) is 25.5. The SMILES string of the molecule is CCOC(=O)C(N=Nc1cccc(-n2nc(C(=O)Nc3nnc(S(N)(=O)=O)s3)c(C(=O)c3ccccc3)c2-c2ccccc2)c1)C(=O)c1ccccc1. The average Bonchev–Trinajstić information content (AvgIpc) is 3.82. The third-order valence-electron chi connectivity index (χ3n) is 7.46. The molecular formula is C36H28N8O7S2. The van der Waals surface area contributed by atoms with E-state index in [0.717, 1.165) is 0 Å². The van der Waals surface area contributed by atoms with E-state index in [1.165, 1.54) is 4.68 Å². The molecule has 0 spiro atoms. The van der Waals surface area contributed by atoms with Crippen LogP contribution in [0.3, 0.4) is 0 Å². The third kappa shape index (κ3) is 8.17. The van der Waals surface area contributed by atoms with Gasteiger partial charge in [0.15, 0.2) is 11.5 Å². The highest BCUT2D eigenvalue weighted by Crippen LogP contribution is 2.33. The van der Waals surface area contributed by atoms with Gasteiger partial charge in [-0.3, -0.25) is 19.7 Å². The van der Waals surface area contributed by atoms with Crippen LogP contribution in [0.25, 0.3) is 16.9 Å². The molecule has 0 radical (unpaired) electrons. The van der Waals surface area contributed by atoms with Gasteiger partial charge in [0.05, 0.1) is 29.2 Å². The number of carbonyl (C=O) groups excluding carboxylic acids is 4. The summed E-state index contributed by atoms with van der Waals surface area (Å²) in [5.74, 6) is -2.89. The number of esters is 1. The van der Waals surface area contributed by atoms with Crippen molar-refractivity contribution in [1.82, 2.24) is 20.0 Å². The van der Waals surface area contributed by atoms with Crippen LogP contribution in [-0.4, -0.2) is 64.5 Å². The highest BCUT2D eigenvalue weighted by Gasteiger charge is 2.32. The Morgan fingerprint density at radius 2 is 1.51 bits per heavy atom. The molecule has 17 heteroatoms. The fourth-order valence-electron chi connectivity index (χ4n) is 5.11. The molecule has 2 heterocycles. The van der Waals surface area contributed by atoms with Gasteiger partial charge in [-0.15, -0.1) is 10.2 Å². The Hall–Kier alpha value is -6.56. The van der Waals surface area contributed by atoms with Gasteiger partial charge in [-0.1, -0.05) is 108 Å². The van der Waals surface area contributed by atoms with Gasteiger partial charge in [0.2, 0.25) is 21.3 Å². The van der Waals surface area contributed by atoms with Crippen molar-refractivity contribution in [3.63, 3.8) is 0 Å². The van der Waals surface area contributed by atoms with Crippen LogP contribution in [0.15, 0.2) is 130 Å². The second-order valence-corrected chi connectivity index (χ2v) is 13.8. The molecule has 15 nitrogen and oxygen atoms in total. The van der Waals surface area contributed by atoms with Crippen molar-refractivity contribution in [2.75, 3.05) is 11.9 Å². The normalized spacial score (nSPS) is 12.0. The molecule has 6 aromatic rings. The zero-order valence-corrected chi connectivity index (χ0v) is 29.3. The van der Waals surface area contributed by atoms with Crippen LogP contribution in [0.1, 0.15) is 43.7 Å². The van der Waals surface area contributed by atoms with Crippen molar-refractivity contribution in [2.24, 2.45) is 15.4 Å². The summed E-state index contributed by atoms with van der Waals surface area (Å²) in [6.45, 7) is 1.63. The number of rotatable bonds is 13. The molecule has 4 aromatic carbocycles. The molecule has 0 saturated heterocycles. The lowest BCUT2D eigenvalue weighted by molar-refractivity contribution is -0.143. The highest BCUT2D eigenvalue weighted by atomic mass is 32.2. The van der Waals surface area contributed by atoms with Crippen LogP contribution in [0, 0.1) is 0 Å². The Morgan fingerprint density at radius 1 is 0.868 bits per heavy atom. The highest BCUT2D eigenvalue weighted by molar-refractivity contribution is 7.91. The van der Waals surface area contributed by atoms with Crippen LogP contribution >= 0.6 is 11.3 Å². The Balaban J connectivity index is 1.47. The molecule has 0 bridgehead atoms. The smallest absolute Gasteiger partial charge is 0.341 e. The van der Waals surface area contributed by atoms with Crippen LogP contribution in [0.2, 0.25) is 0 Å². The van der Waals surface area contributed by atoms with E-state index in [1.54, 1.807) is 122 Å². The molecule has 0 aliphatic carbocycles. The van der Waals surface area contributed by atoms with Gasteiger partial charge in [0, 0.05) is 16.7 Å². The number of anilines is 1. The number of primary sulfonamides is 1. The Bertz CT molecular complexity index is 2450. The number of ether oxygens (including phenoxy) is 1. The number of benzene rings is 4. The monoisotopic (exact) mass is 748 g/mol. The second-order valence-electron chi connectivity index (χ2n) is 11.0. The van der Waals surface area contributed by atoms with E-state index < -0.39 is 43.8 Å². The van der Waals surface area contributed by atoms with E-state index >= 15 is 0 Å².